The van der Waals surface area contributed by atoms with Crippen molar-refractivity contribution in [2.45, 2.75) is 102 Å². The Labute approximate surface area is 818 Å². The van der Waals surface area contributed by atoms with E-state index >= 15 is 0 Å². The summed E-state index contributed by atoms with van der Waals surface area (Å²) in [5, 5.41) is 0. The van der Waals surface area contributed by atoms with E-state index in [1.54, 1.807) is 0 Å². The quantitative estimate of drug-likeness (QED) is 0.132. The number of fused-ring (bicyclic) bond motifs is 21. The van der Waals surface area contributed by atoms with Crippen molar-refractivity contribution in [2.24, 2.45) is 0 Å². The molecule has 18 aromatic carbocycles. The fraction of sp³-hybridized carbons (Fsp3) is 0.123. The average Bonchev–Trinajstić information content (AvgIpc) is 1.50. The van der Waals surface area contributed by atoms with Crippen LogP contribution in [0.2, 0.25) is 0 Å². The number of benzene rings is 18. The van der Waals surface area contributed by atoms with Gasteiger partial charge >= 0.3 is 0 Å². The third-order valence-electron chi connectivity index (χ3n) is 31.4. The van der Waals surface area contributed by atoms with Crippen LogP contribution in [0.25, 0.3) is 102 Å². The van der Waals surface area contributed by atoms with E-state index in [-0.39, 0.29) is 27.1 Å². The molecule has 2 aromatic heterocycles. The van der Waals surface area contributed by atoms with E-state index in [4.69, 9.17) is 29.9 Å². The zero-order chi connectivity index (χ0) is 94.5. The summed E-state index contributed by atoms with van der Waals surface area (Å²) in [5.74, 6) is 3.76. The Kier molecular flexibility index (Phi) is 18.8. The van der Waals surface area contributed by atoms with Gasteiger partial charge in [0.2, 0.25) is 0 Å². The second-order valence-corrected chi connectivity index (χ2v) is 40.9. The fourth-order valence-corrected chi connectivity index (χ4v) is 24.4. The number of nitrogens with zero attached hydrogens (tertiary/aromatic N) is 10. The van der Waals surface area contributed by atoms with Gasteiger partial charge in [-0.25, -0.2) is 29.9 Å². The lowest BCUT2D eigenvalue weighted by atomic mass is 9.70. The summed E-state index contributed by atoms with van der Waals surface area (Å²) in [6, 6.07) is 154. The Morgan fingerprint density at radius 1 is 0.143 bits per heavy atom. The molecule has 0 fully saturated rings. The van der Waals surface area contributed by atoms with Gasteiger partial charge in [-0.3, -0.25) is 0 Å². The third-order valence-corrected chi connectivity index (χ3v) is 31.4. The normalized spacial score (nSPS) is 15.4. The van der Waals surface area contributed by atoms with Crippen LogP contribution in [0, 0.1) is 0 Å². The standard InChI is InChI=1S/C70H51N5.C60H49N5/c1-68(2)56-25-11-15-29-61(56)74(62-30-16-12-26-57(62)68)47-38-33-44(34-39-47)65-71-66(45-35-40-48(41-36-45)75-63-31-17-13-27-58(63)69(3,4)59-28-14-18-32-64(59)75)73-67(72-65)46-37-42-52-51-21-7-10-24-55(51)70(60(52)43-46)53-22-8-5-19-49(53)50-20-6-9-23-54(50)70;1-58(2)45-18-8-7-17-43(45)44-36-31-40(37-50(44)58)57-62-55(38-27-32-41(33-28-38)64-51-23-13-9-19-46(51)59(3,4)47-20-10-14-24-52(47)64)61-56(63-57)39-29-34-42(35-30-39)65-53-25-15-11-21-48(53)60(5,6)49-22-12-16-26-54(49)65/h5-43H,1-4H3;7-37H,1-6H3. The molecule has 3 aliphatic carbocycles. The summed E-state index contributed by atoms with van der Waals surface area (Å²) < 4.78 is 0. The monoisotopic (exact) mass is 1800 g/mol. The first kappa shape index (κ1) is 83.7. The van der Waals surface area contributed by atoms with Gasteiger partial charge in [-0.2, -0.15) is 0 Å². The van der Waals surface area contributed by atoms with Crippen LogP contribution in [0.5, 0.6) is 0 Å². The minimum Gasteiger partial charge on any atom is -0.310 e. The van der Waals surface area contributed by atoms with Crippen LogP contribution in [0.3, 0.4) is 0 Å². The molecule has 0 saturated carbocycles. The summed E-state index contributed by atoms with van der Waals surface area (Å²) in [6.45, 7) is 23.2. The SMILES string of the molecule is CC1(C)c2ccccc2-c2ccc(-c3nc(-c4ccc(N5c6ccccc6C(C)(C)c6ccccc65)cc4)nc(-c4ccc(N5c6ccccc6C(C)(C)c6ccccc65)cc4)n3)cc21.CC1(C)c2ccccc2N(c2ccc(-c3nc(-c4ccc(N5c6ccccc6C(C)(C)c6ccccc65)cc4)nc(-c4ccc5c(c4)C4(c6ccccc6-c6ccccc64)c4ccccc4-5)n3)cc2)c2ccccc21. The highest BCUT2D eigenvalue weighted by atomic mass is 15.2. The number of para-hydroxylation sites is 8. The van der Waals surface area contributed by atoms with Gasteiger partial charge in [0.15, 0.2) is 34.9 Å². The zero-order valence-corrected chi connectivity index (χ0v) is 79.9. The van der Waals surface area contributed by atoms with Crippen LogP contribution < -0.4 is 19.6 Å². The maximum atomic E-state index is 5.42. The molecule has 0 radical (unpaired) electrons. The molecule has 0 bridgehead atoms. The highest BCUT2D eigenvalue weighted by molar-refractivity contribution is 5.98. The molecule has 0 N–H and O–H groups in total. The van der Waals surface area contributed by atoms with E-state index in [9.17, 15) is 0 Å². The topological polar surface area (TPSA) is 90.3 Å². The maximum Gasteiger partial charge on any atom is 0.164 e. The summed E-state index contributed by atoms with van der Waals surface area (Å²) in [6.07, 6.45) is 0. The minimum absolute atomic E-state index is 0.130. The molecule has 670 valence electrons. The lowest BCUT2D eigenvalue weighted by Crippen LogP contribution is -2.30. The van der Waals surface area contributed by atoms with Crippen LogP contribution in [-0.2, 0) is 32.5 Å². The van der Waals surface area contributed by atoms with Gasteiger partial charge in [0.05, 0.1) is 50.9 Å². The molecule has 0 unspecified atom stereocenters. The van der Waals surface area contributed by atoms with E-state index in [2.05, 4.69) is 513 Å². The molecule has 140 heavy (non-hydrogen) atoms. The molecule has 27 rings (SSSR count). The third kappa shape index (κ3) is 12.6. The Bertz CT molecular complexity index is 7890. The van der Waals surface area contributed by atoms with Crippen LogP contribution >= 0.6 is 0 Å². The summed E-state index contributed by atoms with van der Waals surface area (Å²) in [7, 11) is 0. The average molecular weight is 1800 g/mol. The molecule has 7 aliphatic rings. The smallest absolute Gasteiger partial charge is 0.164 e. The molecule has 6 heterocycles. The number of anilines is 12. The predicted octanol–water partition coefficient (Wildman–Crippen LogP) is 32.8. The van der Waals surface area contributed by atoms with Crippen LogP contribution in [0.15, 0.2) is 425 Å². The molecule has 4 aliphatic heterocycles. The van der Waals surface area contributed by atoms with Gasteiger partial charge in [0, 0.05) is 83.2 Å². The second-order valence-electron chi connectivity index (χ2n) is 40.9. The highest BCUT2D eigenvalue weighted by Crippen LogP contribution is 2.65. The molecular weight excluding hydrogens is 1700 g/mol. The Morgan fingerprint density at radius 2 is 0.307 bits per heavy atom. The van der Waals surface area contributed by atoms with Crippen LogP contribution in [0.4, 0.5) is 68.2 Å². The lowest BCUT2D eigenvalue weighted by Gasteiger charge is -2.42. The Hall–Kier alpha value is -16.8. The zero-order valence-electron chi connectivity index (χ0n) is 79.9. The molecule has 0 atom stereocenters. The van der Waals surface area contributed by atoms with Crippen LogP contribution in [-0.4, -0.2) is 29.9 Å². The van der Waals surface area contributed by atoms with Crippen molar-refractivity contribution in [3.05, 3.63) is 503 Å². The minimum atomic E-state index is -0.499. The number of aromatic nitrogens is 6. The summed E-state index contributed by atoms with van der Waals surface area (Å²) in [4.78, 5) is 41.5. The van der Waals surface area contributed by atoms with Gasteiger partial charge in [-0.1, -0.05) is 336 Å². The Morgan fingerprint density at radius 3 is 0.550 bits per heavy atom. The van der Waals surface area contributed by atoms with E-state index in [0.29, 0.717) is 34.9 Å². The molecule has 10 heteroatoms. The van der Waals surface area contributed by atoms with Crippen molar-refractivity contribution in [2.75, 3.05) is 19.6 Å². The second kappa shape index (κ2) is 31.4. The van der Waals surface area contributed by atoms with Crippen molar-refractivity contribution in [3.8, 4) is 102 Å². The summed E-state index contributed by atoms with van der Waals surface area (Å²) >= 11 is 0. The number of hydrogen-bond acceptors (Lipinski definition) is 10. The van der Waals surface area contributed by atoms with E-state index < -0.39 is 5.41 Å². The van der Waals surface area contributed by atoms with Crippen molar-refractivity contribution < 1.29 is 0 Å². The van der Waals surface area contributed by atoms with Gasteiger partial charge < -0.3 is 19.6 Å². The molecule has 0 saturated heterocycles. The highest BCUT2D eigenvalue weighted by Gasteiger charge is 2.52. The van der Waals surface area contributed by atoms with Gasteiger partial charge in [0.25, 0.3) is 0 Å². The van der Waals surface area contributed by atoms with E-state index in [1.807, 2.05) is 0 Å². The van der Waals surface area contributed by atoms with Gasteiger partial charge in [-0.05, 0) is 269 Å². The fourth-order valence-electron chi connectivity index (χ4n) is 24.4. The molecule has 1 spiro atoms. The summed E-state index contributed by atoms with van der Waals surface area (Å²) in [5.41, 5.74) is 44.0. The van der Waals surface area contributed by atoms with E-state index in [1.165, 1.54) is 157 Å². The van der Waals surface area contributed by atoms with Gasteiger partial charge in [0.1, 0.15) is 0 Å². The van der Waals surface area contributed by atoms with Crippen molar-refractivity contribution in [1.29, 1.82) is 0 Å². The van der Waals surface area contributed by atoms with Crippen LogP contribution in [0.1, 0.15) is 147 Å². The maximum absolute atomic E-state index is 5.42. The largest absolute Gasteiger partial charge is 0.310 e. The first-order valence-corrected chi connectivity index (χ1v) is 48.8. The van der Waals surface area contributed by atoms with Crippen molar-refractivity contribution in [3.63, 3.8) is 0 Å². The predicted molar refractivity (Wildman–Crippen MR) is 573 cm³/mol. The number of hydrogen-bond donors (Lipinski definition) is 0. The van der Waals surface area contributed by atoms with Crippen molar-refractivity contribution >= 4 is 68.2 Å². The molecule has 10 nitrogen and oxygen atoms in total. The first-order valence-electron chi connectivity index (χ1n) is 48.8. The lowest BCUT2D eigenvalue weighted by molar-refractivity contribution is 0.632. The van der Waals surface area contributed by atoms with Gasteiger partial charge in [-0.15, -0.1) is 0 Å². The Balaban J connectivity index is 0.000000146. The first-order chi connectivity index (χ1) is 68.2. The molecule has 20 aromatic rings. The van der Waals surface area contributed by atoms with Crippen molar-refractivity contribution in [1.82, 2.24) is 29.9 Å². The molecule has 0 amide bonds. The van der Waals surface area contributed by atoms with E-state index in [0.717, 1.165) is 56.1 Å². The molecular formula is C130H100N10. The number of rotatable bonds is 10.